The molecule has 1 aliphatic heterocycles. The van der Waals surface area contributed by atoms with E-state index in [2.05, 4.69) is 23.7 Å². The lowest BCUT2D eigenvalue weighted by Crippen LogP contribution is -2.40. The number of aliphatic hydroxyl groups excluding tert-OH is 1. The fraction of sp³-hybridized carbons (Fsp3) is 0.688. The lowest BCUT2D eigenvalue weighted by Gasteiger charge is -2.38. The van der Waals surface area contributed by atoms with Crippen LogP contribution < -0.4 is 0 Å². The summed E-state index contributed by atoms with van der Waals surface area (Å²) in [6.07, 6.45) is 2.93. The van der Waals surface area contributed by atoms with Crippen LogP contribution in [0.5, 0.6) is 0 Å². The van der Waals surface area contributed by atoms with Gasteiger partial charge >= 0.3 is 0 Å². The van der Waals surface area contributed by atoms with E-state index in [1.165, 1.54) is 18.9 Å². The first-order valence-electron chi connectivity index (χ1n) is 7.39. The predicted molar refractivity (Wildman–Crippen MR) is 77.8 cm³/mol. The topological polar surface area (TPSA) is 36.4 Å². The molecule has 20 heavy (non-hydrogen) atoms. The average Bonchev–Trinajstić information content (AvgIpc) is 2.41. The van der Waals surface area contributed by atoms with Crippen molar-refractivity contribution in [2.24, 2.45) is 11.3 Å². The molecule has 0 spiro atoms. The molecule has 112 valence electrons. The molecule has 2 atom stereocenters. The fourth-order valence-electron chi connectivity index (χ4n) is 2.70. The van der Waals surface area contributed by atoms with Crippen LogP contribution >= 0.6 is 0 Å². The van der Waals surface area contributed by atoms with Crippen molar-refractivity contribution < 1.29 is 9.50 Å². The summed E-state index contributed by atoms with van der Waals surface area (Å²) in [5.74, 6) is -0.277. The Balaban J connectivity index is 1.88. The number of aliphatic hydroxyl groups is 1. The van der Waals surface area contributed by atoms with Crippen LogP contribution in [0, 0.1) is 17.2 Å². The Hall–Kier alpha value is -1.00. The summed E-state index contributed by atoms with van der Waals surface area (Å²) in [5.41, 5.74) is 0.993. The lowest BCUT2D eigenvalue weighted by atomic mass is 9.82. The van der Waals surface area contributed by atoms with Crippen LogP contribution in [0.1, 0.15) is 45.4 Å². The van der Waals surface area contributed by atoms with Crippen LogP contribution in [-0.4, -0.2) is 34.6 Å². The van der Waals surface area contributed by atoms with E-state index in [0.717, 1.165) is 25.8 Å². The largest absolute Gasteiger partial charge is 0.386 e. The summed E-state index contributed by atoms with van der Waals surface area (Å²) in [4.78, 5) is 6.38. The molecule has 1 aliphatic rings. The Bertz CT molecular complexity index is 423. The van der Waals surface area contributed by atoms with E-state index in [-0.39, 0.29) is 11.7 Å². The highest BCUT2D eigenvalue weighted by Gasteiger charge is 2.27. The van der Waals surface area contributed by atoms with Crippen LogP contribution in [0.25, 0.3) is 0 Å². The third-order valence-electron chi connectivity index (χ3n) is 4.35. The molecule has 0 aliphatic carbocycles. The maximum atomic E-state index is 12.8. The molecule has 0 aromatic carbocycles. The zero-order valence-corrected chi connectivity index (χ0v) is 12.6. The van der Waals surface area contributed by atoms with Crippen molar-refractivity contribution in [2.45, 2.75) is 39.7 Å². The molecule has 0 saturated carbocycles. The monoisotopic (exact) mass is 280 g/mol. The van der Waals surface area contributed by atoms with Gasteiger partial charge in [0.1, 0.15) is 5.82 Å². The third kappa shape index (κ3) is 4.00. The summed E-state index contributed by atoms with van der Waals surface area (Å²) >= 11 is 0. The zero-order chi connectivity index (χ0) is 14.8. The molecule has 1 N–H and O–H groups in total. The molecule has 0 amide bonds. The predicted octanol–water partition coefficient (Wildman–Crippen LogP) is 3.01. The van der Waals surface area contributed by atoms with Gasteiger partial charge in [-0.3, -0.25) is 4.98 Å². The maximum Gasteiger partial charge on any atom is 0.141 e. The number of likely N-dealkylation sites (tertiary alicyclic amines) is 1. The van der Waals surface area contributed by atoms with Gasteiger partial charge in [-0.05, 0) is 43.5 Å². The molecule has 1 aromatic rings. The van der Waals surface area contributed by atoms with Crippen molar-refractivity contribution in [3.05, 3.63) is 29.8 Å². The first-order chi connectivity index (χ1) is 9.37. The summed E-state index contributed by atoms with van der Waals surface area (Å²) in [7, 11) is 0. The van der Waals surface area contributed by atoms with Crippen LogP contribution in [0.2, 0.25) is 0 Å². The molecular formula is C16H25FN2O. The second kappa shape index (κ2) is 6.19. The van der Waals surface area contributed by atoms with Crippen LogP contribution in [0.3, 0.4) is 0 Å². The van der Waals surface area contributed by atoms with E-state index in [1.807, 2.05) is 6.92 Å². The van der Waals surface area contributed by atoms with Crippen molar-refractivity contribution in [1.29, 1.82) is 0 Å². The number of nitrogens with zero attached hydrogens (tertiary/aromatic N) is 2. The molecule has 1 fully saturated rings. The van der Waals surface area contributed by atoms with Gasteiger partial charge in [-0.15, -0.1) is 0 Å². The van der Waals surface area contributed by atoms with Crippen molar-refractivity contribution >= 4 is 0 Å². The third-order valence-corrected chi connectivity index (χ3v) is 4.35. The Morgan fingerprint density at radius 1 is 1.35 bits per heavy atom. The molecule has 0 radical (unpaired) electrons. The van der Waals surface area contributed by atoms with Gasteiger partial charge in [-0.25, -0.2) is 4.39 Å². The van der Waals surface area contributed by atoms with E-state index in [0.29, 0.717) is 11.1 Å². The first kappa shape index (κ1) is 15.4. The van der Waals surface area contributed by atoms with E-state index in [1.54, 1.807) is 6.07 Å². The molecule has 2 unspecified atom stereocenters. The molecule has 1 saturated heterocycles. The normalized spacial score (nSPS) is 22.4. The van der Waals surface area contributed by atoms with E-state index < -0.39 is 6.10 Å². The number of hydrogen-bond acceptors (Lipinski definition) is 3. The van der Waals surface area contributed by atoms with Gasteiger partial charge in [0.2, 0.25) is 0 Å². The molecule has 0 bridgehead atoms. The number of rotatable bonds is 4. The minimum Gasteiger partial charge on any atom is -0.386 e. The molecule has 3 nitrogen and oxygen atoms in total. The summed E-state index contributed by atoms with van der Waals surface area (Å²) in [6.45, 7) is 9.67. The lowest BCUT2D eigenvalue weighted by molar-refractivity contribution is 0.0608. The van der Waals surface area contributed by atoms with Crippen LogP contribution in [-0.2, 0) is 0 Å². The van der Waals surface area contributed by atoms with Crippen molar-refractivity contribution in [2.75, 3.05) is 19.6 Å². The highest BCUT2D eigenvalue weighted by Crippen LogP contribution is 2.31. The Kier molecular flexibility index (Phi) is 4.76. The minimum atomic E-state index is -0.634. The van der Waals surface area contributed by atoms with E-state index >= 15 is 0 Å². The molecule has 2 heterocycles. The Morgan fingerprint density at radius 3 is 2.55 bits per heavy atom. The number of halogens is 1. The fourth-order valence-corrected chi connectivity index (χ4v) is 2.70. The SMILES string of the molecule is CC(CN1CCC(C)(C)CC1)C(O)c1ccc(F)cn1. The van der Waals surface area contributed by atoms with Crippen molar-refractivity contribution in [3.63, 3.8) is 0 Å². The summed E-state index contributed by atoms with van der Waals surface area (Å²) in [6, 6.07) is 2.91. The Morgan fingerprint density at radius 2 is 2.00 bits per heavy atom. The van der Waals surface area contributed by atoms with Gasteiger partial charge < -0.3 is 10.0 Å². The second-order valence-electron chi connectivity index (χ2n) is 6.79. The molecular weight excluding hydrogens is 255 g/mol. The highest BCUT2D eigenvalue weighted by molar-refractivity contribution is 5.09. The van der Waals surface area contributed by atoms with Crippen LogP contribution in [0.4, 0.5) is 4.39 Å². The maximum absolute atomic E-state index is 12.8. The van der Waals surface area contributed by atoms with E-state index in [9.17, 15) is 9.50 Å². The average molecular weight is 280 g/mol. The van der Waals surface area contributed by atoms with Crippen molar-refractivity contribution in [3.8, 4) is 0 Å². The van der Waals surface area contributed by atoms with Crippen LogP contribution in [0.15, 0.2) is 18.3 Å². The van der Waals surface area contributed by atoms with Gasteiger partial charge in [0.05, 0.1) is 18.0 Å². The summed E-state index contributed by atoms with van der Waals surface area (Å²) in [5, 5.41) is 10.3. The summed E-state index contributed by atoms with van der Waals surface area (Å²) < 4.78 is 12.8. The smallest absolute Gasteiger partial charge is 0.141 e. The molecule has 2 rings (SSSR count). The molecule has 4 heteroatoms. The number of hydrogen-bond donors (Lipinski definition) is 1. The van der Waals surface area contributed by atoms with Gasteiger partial charge in [0.25, 0.3) is 0 Å². The van der Waals surface area contributed by atoms with Gasteiger partial charge in [-0.2, -0.15) is 0 Å². The number of pyridine rings is 1. The standard InChI is InChI=1S/C16H25FN2O/c1-12(11-19-8-6-16(2,3)7-9-19)15(20)14-5-4-13(17)10-18-14/h4-5,10,12,15,20H,6-9,11H2,1-3H3. The van der Waals surface area contributed by atoms with Gasteiger partial charge in [0.15, 0.2) is 0 Å². The quantitative estimate of drug-likeness (QED) is 0.921. The second-order valence-corrected chi connectivity index (χ2v) is 6.79. The Labute approximate surface area is 120 Å². The highest BCUT2D eigenvalue weighted by atomic mass is 19.1. The number of aromatic nitrogens is 1. The molecule has 1 aromatic heterocycles. The minimum absolute atomic E-state index is 0.0918. The number of piperidine rings is 1. The van der Waals surface area contributed by atoms with Gasteiger partial charge in [0, 0.05) is 12.5 Å². The van der Waals surface area contributed by atoms with Crippen molar-refractivity contribution in [1.82, 2.24) is 9.88 Å². The first-order valence-corrected chi connectivity index (χ1v) is 7.39. The van der Waals surface area contributed by atoms with Gasteiger partial charge in [-0.1, -0.05) is 20.8 Å². The van der Waals surface area contributed by atoms with E-state index in [4.69, 9.17) is 0 Å². The zero-order valence-electron chi connectivity index (χ0n) is 12.6.